The number of sulfonamides is 1. The van der Waals surface area contributed by atoms with Gasteiger partial charge in [0.2, 0.25) is 11.8 Å². The third kappa shape index (κ3) is 7.36. The van der Waals surface area contributed by atoms with E-state index in [0.717, 1.165) is 53.5 Å². The number of aryl methyl sites for hydroxylation is 4. The predicted molar refractivity (Wildman–Crippen MR) is 163 cm³/mol. The fraction of sp³-hybridized carbons (Fsp3) is 0.394. The van der Waals surface area contributed by atoms with Crippen LogP contribution in [-0.4, -0.2) is 43.8 Å². The smallest absolute Gasteiger partial charge is 0.264 e. The van der Waals surface area contributed by atoms with Crippen molar-refractivity contribution in [2.75, 3.05) is 10.8 Å². The first-order chi connectivity index (χ1) is 19.5. The summed E-state index contributed by atoms with van der Waals surface area (Å²) in [6.07, 6.45) is 4.01. The van der Waals surface area contributed by atoms with Gasteiger partial charge in [-0.3, -0.25) is 13.9 Å². The third-order valence-corrected chi connectivity index (χ3v) is 9.64. The topological polar surface area (TPSA) is 86.8 Å². The zero-order chi connectivity index (χ0) is 29.7. The number of anilines is 1. The Balaban J connectivity index is 1.72. The van der Waals surface area contributed by atoms with Crippen LogP contribution in [0.5, 0.6) is 0 Å². The van der Waals surface area contributed by atoms with Crippen LogP contribution in [0.3, 0.4) is 0 Å². The fourth-order valence-corrected chi connectivity index (χ4v) is 6.80. The van der Waals surface area contributed by atoms with Crippen molar-refractivity contribution < 1.29 is 18.0 Å². The number of carbonyl (C=O) groups is 2. The molecule has 1 aliphatic carbocycles. The van der Waals surface area contributed by atoms with Gasteiger partial charge in [0, 0.05) is 12.6 Å². The Kier molecular flexibility index (Phi) is 9.53. The summed E-state index contributed by atoms with van der Waals surface area (Å²) in [6, 6.07) is 19.2. The van der Waals surface area contributed by atoms with Crippen molar-refractivity contribution in [2.45, 2.75) is 83.8 Å². The monoisotopic (exact) mass is 575 g/mol. The predicted octanol–water partition coefficient (Wildman–Crippen LogP) is 5.59. The average molecular weight is 576 g/mol. The standard InChI is InChI=1S/C33H41N3O4S/c1-23-14-16-31(17-15-23)41(39,40)36(30-19-24(2)18-25(3)20-30)22-32(37)35(21-28-11-7-6-10-26(28)4)27(5)33(38)34-29-12-8-9-13-29/h6-7,10-11,14-20,27,29H,8-9,12-13,21-22H2,1-5H3,(H,34,38)/t27-/m1/s1. The number of benzene rings is 3. The molecule has 1 N–H and O–H groups in total. The Morgan fingerprint density at radius 1 is 0.878 bits per heavy atom. The van der Waals surface area contributed by atoms with Crippen molar-refractivity contribution in [2.24, 2.45) is 0 Å². The van der Waals surface area contributed by atoms with E-state index in [1.54, 1.807) is 43.3 Å². The van der Waals surface area contributed by atoms with E-state index < -0.39 is 28.5 Å². The molecule has 0 spiro atoms. The van der Waals surface area contributed by atoms with Crippen molar-refractivity contribution in [1.29, 1.82) is 0 Å². The Morgan fingerprint density at radius 2 is 1.49 bits per heavy atom. The largest absolute Gasteiger partial charge is 0.352 e. The molecular formula is C33H41N3O4S. The second-order valence-electron chi connectivity index (χ2n) is 11.3. The van der Waals surface area contributed by atoms with Crippen molar-refractivity contribution in [3.8, 4) is 0 Å². The first kappa shape index (κ1) is 30.3. The third-order valence-electron chi connectivity index (χ3n) is 7.85. The van der Waals surface area contributed by atoms with E-state index in [4.69, 9.17) is 0 Å². The summed E-state index contributed by atoms with van der Waals surface area (Å²) in [5, 5.41) is 3.11. The second-order valence-corrected chi connectivity index (χ2v) is 13.1. The second kappa shape index (κ2) is 12.9. The fourth-order valence-electron chi connectivity index (χ4n) is 5.41. The van der Waals surface area contributed by atoms with Gasteiger partial charge in [0.15, 0.2) is 0 Å². The number of nitrogens with one attached hydrogen (secondary N) is 1. The van der Waals surface area contributed by atoms with E-state index in [2.05, 4.69) is 5.32 Å². The summed E-state index contributed by atoms with van der Waals surface area (Å²) < 4.78 is 29.3. The van der Waals surface area contributed by atoms with Crippen molar-refractivity contribution >= 4 is 27.5 Å². The minimum absolute atomic E-state index is 0.104. The molecule has 1 saturated carbocycles. The lowest BCUT2D eigenvalue weighted by Gasteiger charge is -2.33. The number of carbonyl (C=O) groups excluding carboxylic acids is 2. The van der Waals surface area contributed by atoms with E-state index in [9.17, 15) is 18.0 Å². The zero-order valence-corrected chi connectivity index (χ0v) is 25.5. The molecule has 7 nitrogen and oxygen atoms in total. The van der Waals surface area contributed by atoms with Gasteiger partial charge in [0.1, 0.15) is 12.6 Å². The summed E-state index contributed by atoms with van der Waals surface area (Å²) in [7, 11) is -4.09. The minimum atomic E-state index is -4.09. The van der Waals surface area contributed by atoms with E-state index in [1.165, 1.54) is 9.21 Å². The molecule has 41 heavy (non-hydrogen) atoms. The summed E-state index contributed by atoms with van der Waals surface area (Å²) in [5.41, 5.74) is 5.02. The quantitative estimate of drug-likeness (QED) is 0.341. The Labute approximate surface area is 244 Å². The van der Waals surface area contributed by atoms with Gasteiger partial charge in [-0.1, -0.05) is 60.9 Å². The highest BCUT2D eigenvalue weighted by atomic mass is 32.2. The van der Waals surface area contributed by atoms with Crippen LogP contribution in [0.25, 0.3) is 0 Å². The lowest BCUT2D eigenvalue weighted by atomic mass is 10.1. The van der Waals surface area contributed by atoms with Crippen LogP contribution in [0, 0.1) is 27.7 Å². The van der Waals surface area contributed by atoms with Crippen molar-refractivity contribution in [3.05, 3.63) is 94.5 Å². The van der Waals surface area contributed by atoms with Gasteiger partial charge in [0.25, 0.3) is 10.0 Å². The van der Waals surface area contributed by atoms with Gasteiger partial charge in [-0.05, 0) is 94.0 Å². The number of rotatable bonds is 10. The van der Waals surface area contributed by atoms with Gasteiger partial charge in [0.05, 0.1) is 10.6 Å². The van der Waals surface area contributed by atoms with Crippen LogP contribution in [0.1, 0.15) is 60.4 Å². The van der Waals surface area contributed by atoms with E-state index in [0.29, 0.717) is 5.69 Å². The Morgan fingerprint density at radius 3 is 2.10 bits per heavy atom. The molecule has 4 rings (SSSR count). The van der Waals surface area contributed by atoms with Crippen LogP contribution >= 0.6 is 0 Å². The van der Waals surface area contributed by atoms with E-state index in [1.807, 2.05) is 58.0 Å². The van der Waals surface area contributed by atoms with Crippen LogP contribution in [-0.2, 0) is 26.2 Å². The normalized spacial score (nSPS) is 14.5. The zero-order valence-electron chi connectivity index (χ0n) is 24.7. The molecule has 218 valence electrons. The van der Waals surface area contributed by atoms with Gasteiger partial charge in [-0.15, -0.1) is 0 Å². The lowest BCUT2D eigenvalue weighted by molar-refractivity contribution is -0.139. The van der Waals surface area contributed by atoms with Crippen LogP contribution < -0.4 is 9.62 Å². The van der Waals surface area contributed by atoms with E-state index in [-0.39, 0.29) is 23.4 Å². The maximum Gasteiger partial charge on any atom is 0.264 e. The summed E-state index contributed by atoms with van der Waals surface area (Å²) in [5.74, 6) is -0.671. The summed E-state index contributed by atoms with van der Waals surface area (Å²) in [4.78, 5) is 29.2. The van der Waals surface area contributed by atoms with Crippen LogP contribution in [0.4, 0.5) is 5.69 Å². The maximum absolute atomic E-state index is 14.2. The van der Waals surface area contributed by atoms with Crippen molar-refractivity contribution in [3.63, 3.8) is 0 Å². The molecule has 0 aromatic heterocycles. The molecule has 3 aromatic rings. The molecular weight excluding hydrogens is 534 g/mol. The van der Waals surface area contributed by atoms with E-state index >= 15 is 0 Å². The molecule has 3 aromatic carbocycles. The van der Waals surface area contributed by atoms with Gasteiger partial charge in [-0.2, -0.15) is 0 Å². The Hall–Kier alpha value is -3.65. The number of hydrogen-bond donors (Lipinski definition) is 1. The molecule has 1 atom stereocenters. The highest BCUT2D eigenvalue weighted by Crippen LogP contribution is 2.27. The number of hydrogen-bond acceptors (Lipinski definition) is 4. The highest BCUT2D eigenvalue weighted by Gasteiger charge is 2.33. The molecule has 2 amide bonds. The minimum Gasteiger partial charge on any atom is -0.352 e. The highest BCUT2D eigenvalue weighted by molar-refractivity contribution is 7.92. The lowest BCUT2D eigenvalue weighted by Crippen LogP contribution is -2.52. The van der Waals surface area contributed by atoms with Crippen molar-refractivity contribution in [1.82, 2.24) is 10.2 Å². The Bertz CT molecular complexity index is 1470. The average Bonchev–Trinajstić information content (AvgIpc) is 3.43. The van der Waals surface area contributed by atoms with Gasteiger partial charge in [-0.25, -0.2) is 8.42 Å². The first-order valence-corrected chi connectivity index (χ1v) is 15.7. The molecule has 0 heterocycles. The van der Waals surface area contributed by atoms with Crippen LogP contribution in [0.2, 0.25) is 0 Å². The molecule has 0 aliphatic heterocycles. The molecule has 0 radical (unpaired) electrons. The first-order valence-electron chi connectivity index (χ1n) is 14.3. The summed E-state index contributed by atoms with van der Waals surface area (Å²) >= 11 is 0. The molecule has 8 heteroatoms. The SMILES string of the molecule is Cc1ccc(S(=O)(=O)N(CC(=O)N(Cc2ccccc2C)[C@H](C)C(=O)NC2CCCC2)c2cc(C)cc(C)c2)cc1. The van der Waals surface area contributed by atoms with Gasteiger partial charge < -0.3 is 10.2 Å². The molecule has 1 aliphatic rings. The van der Waals surface area contributed by atoms with Gasteiger partial charge >= 0.3 is 0 Å². The molecule has 0 bridgehead atoms. The summed E-state index contributed by atoms with van der Waals surface area (Å²) in [6.45, 7) is 9.12. The number of amides is 2. The maximum atomic E-state index is 14.2. The van der Waals surface area contributed by atoms with Crippen LogP contribution in [0.15, 0.2) is 71.6 Å². The molecule has 0 unspecified atom stereocenters. The molecule has 0 saturated heterocycles. The molecule has 1 fully saturated rings. The number of nitrogens with zero attached hydrogens (tertiary/aromatic N) is 2.